The topological polar surface area (TPSA) is 34.1 Å². The number of hydrogen-bond acceptors (Lipinski definition) is 2. The van der Waals surface area contributed by atoms with Crippen LogP contribution in [-0.2, 0) is 9.84 Å². The second kappa shape index (κ2) is 5.75. The number of hydrogen-bond donors (Lipinski definition) is 0. The van der Waals surface area contributed by atoms with Gasteiger partial charge in [-0.2, -0.15) is 0 Å². The third-order valence-electron chi connectivity index (χ3n) is 6.03. The Morgan fingerprint density at radius 3 is 1.32 bits per heavy atom. The molecule has 2 saturated carbocycles. The second-order valence-electron chi connectivity index (χ2n) is 7.37. The summed E-state index contributed by atoms with van der Waals surface area (Å²) >= 11 is 0. The van der Waals surface area contributed by atoms with Gasteiger partial charge in [-0.1, -0.05) is 27.7 Å². The van der Waals surface area contributed by atoms with Crippen LogP contribution >= 0.6 is 0 Å². The van der Waals surface area contributed by atoms with Crippen molar-refractivity contribution in [2.45, 2.75) is 76.7 Å². The molecule has 3 heteroatoms. The second-order valence-corrected chi connectivity index (χ2v) is 9.88. The predicted octanol–water partition coefficient (Wildman–Crippen LogP) is 4.05. The first-order valence-electron chi connectivity index (χ1n) is 8.05. The molecule has 19 heavy (non-hydrogen) atoms. The average Bonchev–Trinajstić information content (AvgIpc) is 2.35. The van der Waals surface area contributed by atoms with Crippen molar-refractivity contribution in [3.8, 4) is 0 Å². The van der Waals surface area contributed by atoms with Gasteiger partial charge in [0.05, 0.1) is 10.5 Å². The molecular weight excluding hydrogens is 256 g/mol. The zero-order valence-electron chi connectivity index (χ0n) is 12.9. The smallest absolute Gasteiger partial charge is 0.156 e. The van der Waals surface area contributed by atoms with Gasteiger partial charge in [0.2, 0.25) is 0 Å². The van der Waals surface area contributed by atoms with E-state index < -0.39 is 9.84 Å². The maximum absolute atomic E-state index is 12.8. The summed E-state index contributed by atoms with van der Waals surface area (Å²) < 4.78 is 25.7. The van der Waals surface area contributed by atoms with Gasteiger partial charge >= 0.3 is 0 Å². The van der Waals surface area contributed by atoms with Gasteiger partial charge < -0.3 is 0 Å². The predicted molar refractivity (Wildman–Crippen MR) is 80.9 cm³/mol. The molecule has 0 spiro atoms. The Morgan fingerprint density at radius 1 is 0.632 bits per heavy atom. The summed E-state index contributed by atoms with van der Waals surface area (Å²) in [6.07, 6.45) is 5.75. The summed E-state index contributed by atoms with van der Waals surface area (Å²) in [7, 11) is -2.90. The molecule has 2 aliphatic rings. The maximum Gasteiger partial charge on any atom is 0.156 e. The van der Waals surface area contributed by atoms with Crippen molar-refractivity contribution in [3.05, 3.63) is 0 Å². The highest BCUT2D eigenvalue weighted by atomic mass is 32.2. The molecule has 6 atom stereocenters. The normalized spacial score (nSPS) is 45.1. The van der Waals surface area contributed by atoms with Crippen LogP contribution in [-0.4, -0.2) is 18.9 Å². The van der Waals surface area contributed by atoms with Gasteiger partial charge in [-0.05, 0) is 62.2 Å². The number of rotatable bonds is 2. The molecule has 0 N–H and O–H groups in total. The molecule has 0 aromatic carbocycles. The van der Waals surface area contributed by atoms with Crippen molar-refractivity contribution in [1.29, 1.82) is 0 Å². The van der Waals surface area contributed by atoms with E-state index in [4.69, 9.17) is 0 Å². The molecule has 2 fully saturated rings. The Balaban J connectivity index is 2.06. The van der Waals surface area contributed by atoms with Crippen LogP contribution in [0, 0.1) is 23.7 Å². The largest absolute Gasteiger partial charge is 0.228 e. The van der Waals surface area contributed by atoms with Crippen molar-refractivity contribution in [2.75, 3.05) is 0 Å². The summed E-state index contributed by atoms with van der Waals surface area (Å²) in [6, 6.07) is 0. The van der Waals surface area contributed by atoms with Gasteiger partial charge in [0, 0.05) is 0 Å². The minimum absolute atomic E-state index is 0.0516. The molecule has 0 saturated heterocycles. The third-order valence-corrected chi connectivity index (χ3v) is 8.74. The highest BCUT2D eigenvalue weighted by Crippen LogP contribution is 2.39. The van der Waals surface area contributed by atoms with E-state index in [-0.39, 0.29) is 10.5 Å². The lowest BCUT2D eigenvalue weighted by Gasteiger charge is -2.37. The Kier molecular flexibility index (Phi) is 4.64. The van der Waals surface area contributed by atoms with E-state index in [0.29, 0.717) is 23.7 Å². The Bertz CT molecular complexity index is 369. The maximum atomic E-state index is 12.8. The molecule has 2 nitrogen and oxygen atoms in total. The summed E-state index contributed by atoms with van der Waals surface area (Å²) in [5, 5.41) is -0.103. The molecule has 2 rings (SSSR count). The van der Waals surface area contributed by atoms with E-state index in [9.17, 15) is 8.42 Å². The average molecular weight is 286 g/mol. The number of sulfone groups is 1. The van der Waals surface area contributed by atoms with Gasteiger partial charge in [0.25, 0.3) is 0 Å². The van der Waals surface area contributed by atoms with Crippen molar-refractivity contribution in [1.82, 2.24) is 0 Å². The van der Waals surface area contributed by atoms with Crippen LogP contribution < -0.4 is 0 Å². The fraction of sp³-hybridized carbons (Fsp3) is 1.00. The lowest BCUT2D eigenvalue weighted by molar-refractivity contribution is 0.263. The molecule has 112 valence electrons. The minimum atomic E-state index is -2.90. The summed E-state index contributed by atoms with van der Waals surface area (Å²) in [5.74, 6) is 2.51. The van der Waals surface area contributed by atoms with Gasteiger partial charge in [0.1, 0.15) is 0 Å². The highest BCUT2D eigenvalue weighted by Gasteiger charge is 2.40. The lowest BCUT2D eigenvalue weighted by Crippen LogP contribution is -2.40. The van der Waals surface area contributed by atoms with Crippen LogP contribution in [0.5, 0.6) is 0 Å². The van der Waals surface area contributed by atoms with Crippen molar-refractivity contribution in [2.24, 2.45) is 23.7 Å². The Hall–Kier alpha value is -0.0500. The van der Waals surface area contributed by atoms with E-state index in [0.717, 1.165) is 38.5 Å². The summed E-state index contributed by atoms with van der Waals surface area (Å²) in [4.78, 5) is 0. The molecule has 0 bridgehead atoms. The molecule has 6 unspecified atom stereocenters. The standard InChI is InChI=1S/C16H30O2S/c1-11-5-7-15(9-13(11)3)19(17,18)16-8-6-12(2)14(4)10-16/h11-16H,5-10H2,1-4H3. The van der Waals surface area contributed by atoms with Gasteiger partial charge in [-0.15, -0.1) is 0 Å². The first kappa shape index (κ1) is 15.3. The van der Waals surface area contributed by atoms with Crippen LogP contribution in [0.3, 0.4) is 0 Å². The molecular formula is C16H30O2S. The van der Waals surface area contributed by atoms with Crippen LogP contribution in [0.15, 0.2) is 0 Å². The molecule has 0 heterocycles. The quantitative estimate of drug-likeness (QED) is 0.767. The van der Waals surface area contributed by atoms with E-state index in [1.165, 1.54) is 0 Å². The monoisotopic (exact) mass is 286 g/mol. The van der Waals surface area contributed by atoms with Crippen molar-refractivity contribution >= 4 is 9.84 Å². The molecule has 0 amide bonds. The lowest BCUT2D eigenvalue weighted by atomic mass is 9.81. The first-order chi connectivity index (χ1) is 8.82. The zero-order valence-corrected chi connectivity index (χ0v) is 13.7. The van der Waals surface area contributed by atoms with E-state index in [2.05, 4.69) is 27.7 Å². The van der Waals surface area contributed by atoms with E-state index >= 15 is 0 Å². The third kappa shape index (κ3) is 3.17. The molecule has 0 aliphatic heterocycles. The van der Waals surface area contributed by atoms with Crippen molar-refractivity contribution in [3.63, 3.8) is 0 Å². The Labute approximate surface area is 119 Å². The van der Waals surface area contributed by atoms with Crippen LogP contribution in [0.25, 0.3) is 0 Å². The fourth-order valence-corrected chi connectivity index (χ4v) is 6.48. The van der Waals surface area contributed by atoms with E-state index in [1.807, 2.05) is 0 Å². The molecule has 0 aromatic rings. The SMILES string of the molecule is CC1CCC(S(=O)(=O)C2CCC(C)C(C)C2)CC1C. The van der Waals surface area contributed by atoms with E-state index in [1.54, 1.807) is 0 Å². The fourth-order valence-electron chi connectivity index (χ4n) is 3.87. The van der Waals surface area contributed by atoms with Gasteiger partial charge in [-0.3, -0.25) is 0 Å². The van der Waals surface area contributed by atoms with Gasteiger partial charge in [0.15, 0.2) is 9.84 Å². The minimum Gasteiger partial charge on any atom is -0.228 e. The molecule has 0 aromatic heterocycles. The van der Waals surface area contributed by atoms with Gasteiger partial charge in [-0.25, -0.2) is 8.42 Å². The Morgan fingerprint density at radius 2 is 1.00 bits per heavy atom. The molecule has 2 aliphatic carbocycles. The van der Waals surface area contributed by atoms with Crippen LogP contribution in [0.1, 0.15) is 66.2 Å². The highest BCUT2D eigenvalue weighted by molar-refractivity contribution is 7.92. The summed E-state index contributed by atoms with van der Waals surface area (Å²) in [6.45, 7) is 8.96. The van der Waals surface area contributed by atoms with Crippen LogP contribution in [0.4, 0.5) is 0 Å². The van der Waals surface area contributed by atoms with Crippen LogP contribution in [0.2, 0.25) is 0 Å². The van der Waals surface area contributed by atoms with Crippen molar-refractivity contribution < 1.29 is 8.42 Å². The zero-order chi connectivity index (χ0) is 14.2. The first-order valence-corrected chi connectivity index (χ1v) is 9.66. The summed E-state index contributed by atoms with van der Waals surface area (Å²) in [5.41, 5.74) is 0. The molecule has 0 radical (unpaired) electrons.